The number of aromatic carboxylic acids is 2. The minimum absolute atomic E-state index is 0.0385. The van der Waals surface area contributed by atoms with Crippen LogP contribution in [0.2, 0.25) is 0 Å². The molecule has 7 nitrogen and oxygen atoms in total. The van der Waals surface area contributed by atoms with Gasteiger partial charge in [-0.1, -0.05) is 0 Å². The second-order valence-electron chi connectivity index (χ2n) is 8.42. The molecule has 0 saturated carbocycles. The van der Waals surface area contributed by atoms with Crippen LogP contribution in [0.3, 0.4) is 0 Å². The molecule has 0 bridgehead atoms. The average Bonchev–Trinajstić information content (AvgIpc) is 2.79. The summed E-state index contributed by atoms with van der Waals surface area (Å²) in [7, 11) is 0. The number of fused-ring (bicyclic) bond motifs is 2. The summed E-state index contributed by atoms with van der Waals surface area (Å²) in [4.78, 5) is 23.9. The summed E-state index contributed by atoms with van der Waals surface area (Å²) in [6.07, 6.45) is 0. The van der Waals surface area contributed by atoms with Crippen molar-refractivity contribution in [3.63, 3.8) is 0 Å². The number of benzene rings is 3. The number of aryl methyl sites for hydroxylation is 2. The zero-order valence-electron chi connectivity index (χ0n) is 19.7. The standard InChI is InChI=1S/C27H28N2O5/c1-5-28-21-12-23-19(9-14(21)3)25(18-11-16(26(30)31)7-8-17(18)27(32)33)20-10-15(4)22(29-6-2)13-24(20)34-23/h7-13,25,28-29H,5-6H2,1-4H3,(H,30,31)(H,32,33). The van der Waals surface area contributed by atoms with Gasteiger partial charge in [0.15, 0.2) is 0 Å². The third kappa shape index (κ3) is 4.05. The largest absolute Gasteiger partial charge is 0.478 e. The lowest BCUT2D eigenvalue weighted by molar-refractivity contribution is 0.0680. The molecule has 34 heavy (non-hydrogen) atoms. The zero-order chi connectivity index (χ0) is 24.6. The Morgan fingerprint density at radius 1 is 0.794 bits per heavy atom. The van der Waals surface area contributed by atoms with E-state index < -0.39 is 17.9 Å². The lowest BCUT2D eigenvalue weighted by Gasteiger charge is -2.31. The number of carboxylic acid groups (broad SMARTS) is 2. The Hall–Kier alpha value is -4.00. The molecule has 0 spiro atoms. The predicted molar refractivity (Wildman–Crippen MR) is 132 cm³/mol. The fraction of sp³-hybridized carbons (Fsp3) is 0.259. The summed E-state index contributed by atoms with van der Waals surface area (Å²) < 4.78 is 6.35. The van der Waals surface area contributed by atoms with Gasteiger partial charge < -0.3 is 25.6 Å². The van der Waals surface area contributed by atoms with Crippen molar-refractivity contribution in [1.82, 2.24) is 0 Å². The van der Waals surface area contributed by atoms with Crippen LogP contribution in [0.1, 0.15) is 68.3 Å². The summed E-state index contributed by atoms with van der Waals surface area (Å²) in [5.41, 5.74) is 5.96. The normalized spacial score (nSPS) is 12.4. The van der Waals surface area contributed by atoms with E-state index in [1.165, 1.54) is 18.2 Å². The minimum Gasteiger partial charge on any atom is -0.478 e. The van der Waals surface area contributed by atoms with Crippen molar-refractivity contribution in [1.29, 1.82) is 0 Å². The highest BCUT2D eigenvalue weighted by Gasteiger charge is 2.33. The number of carboxylic acids is 2. The Labute approximate surface area is 198 Å². The fourth-order valence-corrected chi connectivity index (χ4v) is 4.56. The first-order valence-corrected chi connectivity index (χ1v) is 11.3. The molecule has 0 radical (unpaired) electrons. The Morgan fingerprint density at radius 3 is 1.76 bits per heavy atom. The maximum absolute atomic E-state index is 12.2. The van der Waals surface area contributed by atoms with Gasteiger partial charge in [-0.3, -0.25) is 0 Å². The van der Waals surface area contributed by atoms with Crippen LogP contribution >= 0.6 is 0 Å². The molecule has 1 heterocycles. The minimum atomic E-state index is -1.11. The van der Waals surface area contributed by atoms with Crippen LogP contribution in [-0.2, 0) is 0 Å². The smallest absolute Gasteiger partial charge is 0.335 e. The Morgan fingerprint density at radius 2 is 1.32 bits per heavy atom. The number of rotatable bonds is 7. The molecule has 3 aromatic rings. The number of anilines is 2. The molecule has 0 fully saturated rings. The maximum atomic E-state index is 12.2. The van der Waals surface area contributed by atoms with Crippen LogP contribution in [0.5, 0.6) is 11.5 Å². The molecular formula is C27H28N2O5. The number of nitrogens with one attached hydrogen (secondary N) is 2. The van der Waals surface area contributed by atoms with E-state index in [2.05, 4.69) is 10.6 Å². The van der Waals surface area contributed by atoms with Crippen LogP contribution in [0.15, 0.2) is 42.5 Å². The Bertz CT molecular complexity index is 1240. The van der Waals surface area contributed by atoms with Crippen LogP contribution in [0, 0.1) is 13.8 Å². The van der Waals surface area contributed by atoms with Crippen molar-refractivity contribution in [2.45, 2.75) is 33.6 Å². The molecule has 0 amide bonds. The first kappa shape index (κ1) is 23.2. The number of ether oxygens (including phenoxy) is 1. The maximum Gasteiger partial charge on any atom is 0.335 e. The van der Waals surface area contributed by atoms with Crippen LogP contribution in [0.25, 0.3) is 0 Å². The van der Waals surface area contributed by atoms with Crippen molar-refractivity contribution >= 4 is 23.3 Å². The van der Waals surface area contributed by atoms with E-state index in [9.17, 15) is 19.8 Å². The highest BCUT2D eigenvalue weighted by atomic mass is 16.5. The van der Waals surface area contributed by atoms with Gasteiger partial charge in [0.05, 0.1) is 11.1 Å². The number of hydrogen-bond acceptors (Lipinski definition) is 5. The van der Waals surface area contributed by atoms with Gasteiger partial charge >= 0.3 is 11.9 Å². The van der Waals surface area contributed by atoms with Crippen LogP contribution < -0.4 is 15.4 Å². The van der Waals surface area contributed by atoms with Crippen molar-refractivity contribution in [3.05, 3.63) is 81.4 Å². The second-order valence-corrected chi connectivity index (χ2v) is 8.42. The summed E-state index contributed by atoms with van der Waals surface area (Å²) in [6, 6.07) is 12.0. The van der Waals surface area contributed by atoms with Crippen molar-refractivity contribution in [3.8, 4) is 11.5 Å². The van der Waals surface area contributed by atoms with Gasteiger partial charge in [-0.25, -0.2) is 9.59 Å². The molecule has 3 aromatic carbocycles. The molecule has 4 rings (SSSR count). The number of hydrogen-bond donors (Lipinski definition) is 4. The lowest BCUT2D eigenvalue weighted by atomic mass is 9.79. The van der Waals surface area contributed by atoms with E-state index in [-0.39, 0.29) is 11.1 Å². The average molecular weight is 461 g/mol. The summed E-state index contributed by atoms with van der Waals surface area (Å²) >= 11 is 0. The number of carbonyl (C=O) groups is 2. The SMILES string of the molecule is CCNc1cc2c(cc1C)C(c1cc(C(=O)O)ccc1C(=O)O)c1cc(C)c(NCC)cc1O2. The van der Waals surface area contributed by atoms with Gasteiger partial charge in [-0.15, -0.1) is 0 Å². The molecule has 0 atom stereocenters. The Balaban J connectivity index is 2.04. The van der Waals surface area contributed by atoms with E-state index >= 15 is 0 Å². The third-order valence-electron chi connectivity index (χ3n) is 6.13. The first-order valence-electron chi connectivity index (χ1n) is 11.3. The van der Waals surface area contributed by atoms with Crippen LogP contribution in [0.4, 0.5) is 11.4 Å². The van der Waals surface area contributed by atoms with E-state index in [0.717, 1.165) is 46.7 Å². The first-order chi connectivity index (χ1) is 16.2. The van der Waals surface area contributed by atoms with Gasteiger partial charge in [0.1, 0.15) is 11.5 Å². The zero-order valence-corrected chi connectivity index (χ0v) is 19.7. The fourth-order valence-electron chi connectivity index (χ4n) is 4.56. The Kier molecular flexibility index (Phi) is 6.20. The highest BCUT2D eigenvalue weighted by molar-refractivity contribution is 5.94. The molecule has 1 aliphatic rings. The molecule has 0 saturated heterocycles. The molecule has 0 unspecified atom stereocenters. The van der Waals surface area contributed by atoms with Crippen molar-refractivity contribution in [2.75, 3.05) is 23.7 Å². The molecule has 0 aromatic heterocycles. The van der Waals surface area contributed by atoms with Gasteiger partial charge in [0.25, 0.3) is 0 Å². The van der Waals surface area contributed by atoms with Gasteiger partial charge in [0, 0.05) is 53.6 Å². The second kappa shape index (κ2) is 9.09. The predicted octanol–water partition coefficient (Wildman–Crippen LogP) is 5.85. The lowest BCUT2D eigenvalue weighted by Crippen LogP contribution is -2.17. The summed E-state index contributed by atoms with van der Waals surface area (Å²) in [5, 5.41) is 26.2. The highest BCUT2D eigenvalue weighted by Crippen LogP contribution is 2.50. The van der Waals surface area contributed by atoms with E-state index in [0.29, 0.717) is 17.1 Å². The topological polar surface area (TPSA) is 108 Å². The third-order valence-corrected chi connectivity index (χ3v) is 6.13. The molecule has 1 aliphatic heterocycles. The molecule has 0 aliphatic carbocycles. The molecule has 176 valence electrons. The van der Waals surface area contributed by atoms with E-state index in [1.54, 1.807) is 0 Å². The monoisotopic (exact) mass is 460 g/mol. The van der Waals surface area contributed by atoms with E-state index in [1.807, 2.05) is 52.0 Å². The van der Waals surface area contributed by atoms with Crippen molar-refractivity contribution in [2.24, 2.45) is 0 Å². The van der Waals surface area contributed by atoms with Crippen LogP contribution in [-0.4, -0.2) is 35.2 Å². The van der Waals surface area contributed by atoms with Crippen molar-refractivity contribution < 1.29 is 24.5 Å². The summed E-state index contributed by atoms with van der Waals surface area (Å²) in [6.45, 7) is 9.48. The molecular weight excluding hydrogens is 432 g/mol. The molecule has 7 heteroatoms. The van der Waals surface area contributed by atoms with Gasteiger partial charge in [-0.05, 0) is 74.7 Å². The van der Waals surface area contributed by atoms with Gasteiger partial charge in [-0.2, -0.15) is 0 Å². The quantitative estimate of drug-likeness (QED) is 0.274. The summed E-state index contributed by atoms with van der Waals surface area (Å²) in [5.74, 6) is -1.50. The molecule has 4 N–H and O–H groups in total. The van der Waals surface area contributed by atoms with E-state index in [4.69, 9.17) is 4.74 Å². The van der Waals surface area contributed by atoms with Gasteiger partial charge in [0.2, 0.25) is 0 Å².